The quantitative estimate of drug-likeness (QED) is 0.868. The monoisotopic (exact) mass is 336 g/mol. The Morgan fingerprint density at radius 3 is 2.24 bits per heavy atom. The minimum atomic E-state index is -0.204. The topological polar surface area (TPSA) is 46.3 Å². The van der Waals surface area contributed by atoms with Crippen molar-refractivity contribution in [3.05, 3.63) is 71.8 Å². The highest BCUT2D eigenvalue weighted by Crippen LogP contribution is 2.24. The van der Waals surface area contributed by atoms with Crippen molar-refractivity contribution in [2.75, 3.05) is 13.1 Å². The summed E-state index contributed by atoms with van der Waals surface area (Å²) >= 11 is 0. The van der Waals surface area contributed by atoms with E-state index in [-0.39, 0.29) is 11.9 Å². The van der Waals surface area contributed by atoms with E-state index in [2.05, 4.69) is 30.3 Å². The van der Waals surface area contributed by atoms with Crippen LogP contribution < -0.4 is 5.73 Å². The molecule has 0 bridgehead atoms. The SMILES string of the molecule is NC(CC(=O)N1CCC(CCc2ccccc2)CC1)c1ccccc1. The number of piperidine rings is 1. The molecule has 1 aliphatic heterocycles. The van der Waals surface area contributed by atoms with Gasteiger partial charge in [0, 0.05) is 25.6 Å². The first-order valence-electron chi connectivity index (χ1n) is 9.34. The molecular formula is C22H28N2O. The fourth-order valence-electron chi connectivity index (χ4n) is 3.62. The first-order chi connectivity index (χ1) is 12.2. The minimum absolute atomic E-state index is 0.192. The first-order valence-corrected chi connectivity index (χ1v) is 9.34. The van der Waals surface area contributed by atoms with Gasteiger partial charge in [0.25, 0.3) is 0 Å². The zero-order valence-electron chi connectivity index (χ0n) is 14.8. The largest absolute Gasteiger partial charge is 0.343 e. The summed E-state index contributed by atoms with van der Waals surface area (Å²) in [5.74, 6) is 0.921. The van der Waals surface area contributed by atoms with E-state index in [0.29, 0.717) is 6.42 Å². The van der Waals surface area contributed by atoms with E-state index in [0.717, 1.165) is 43.8 Å². The van der Waals surface area contributed by atoms with E-state index in [1.165, 1.54) is 12.0 Å². The number of aryl methyl sites for hydroxylation is 1. The third-order valence-corrected chi connectivity index (χ3v) is 5.27. The second-order valence-electron chi connectivity index (χ2n) is 7.07. The smallest absolute Gasteiger partial charge is 0.224 e. The van der Waals surface area contributed by atoms with Crippen molar-refractivity contribution in [2.24, 2.45) is 11.7 Å². The Morgan fingerprint density at radius 2 is 1.60 bits per heavy atom. The summed E-state index contributed by atoms with van der Waals surface area (Å²) < 4.78 is 0. The molecule has 132 valence electrons. The van der Waals surface area contributed by atoms with Crippen LogP contribution in [0.1, 0.15) is 42.9 Å². The molecule has 1 atom stereocenters. The van der Waals surface area contributed by atoms with E-state index >= 15 is 0 Å². The van der Waals surface area contributed by atoms with Crippen LogP contribution in [-0.4, -0.2) is 23.9 Å². The molecule has 0 aliphatic carbocycles. The Morgan fingerprint density at radius 1 is 1.00 bits per heavy atom. The van der Waals surface area contributed by atoms with Crippen molar-refractivity contribution in [2.45, 2.75) is 38.1 Å². The Bertz CT molecular complexity index is 648. The molecule has 1 unspecified atom stereocenters. The van der Waals surface area contributed by atoms with Gasteiger partial charge in [0.05, 0.1) is 0 Å². The minimum Gasteiger partial charge on any atom is -0.343 e. The summed E-state index contributed by atoms with van der Waals surface area (Å²) in [6.07, 6.45) is 4.98. The Labute approximate surface area is 150 Å². The Balaban J connectivity index is 1.41. The molecular weight excluding hydrogens is 308 g/mol. The fraction of sp³-hybridized carbons (Fsp3) is 0.409. The van der Waals surface area contributed by atoms with Gasteiger partial charge in [-0.2, -0.15) is 0 Å². The second-order valence-corrected chi connectivity index (χ2v) is 7.07. The summed E-state index contributed by atoms with van der Waals surface area (Å²) in [4.78, 5) is 14.5. The van der Waals surface area contributed by atoms with E-state index in [1.54, 1.807) is 0 Å². The standard InChI is InChI=1S/C22H28N2O/c23-21(20-9-5-2-6-10-20)17-22(25)24-15-13-19(14-16-24)12-11-18-7-3-1-4-8-18/h1-10,19,21H,11-17,23H2. The molecule has 1 aliphatic rings. The maximum absolute atomic E-state index is 12.5. The highest BCUT2D eigenvalue weighted by atomic mass is 16.2. The van der Waals surface area contributed by atoms with Gasteiger partial charge in [-0.25, -0.2) is 0 Å². The van der Waals surface area contributed by atoms with Crippen LogP contribution in [0.5, 0.6) is 0 Å². The molecule has 0 radical (unpaired) electrons. The number of amides is 1. The number of rotatable bonds is 6. The molecule has 1 fully saturated rings. The number of hydrogen-bond acceptors (Lipinski definition) is 2. The summed E-state index contributed by atoms with van der Waals surface area (Å²) in [5.41, 5.74) is 8.64. The number of carbonyl (C=O) groups is 1. The molecule has 1 heterocycles. The van der Waals surface area contributed by atoms with Crippen LogP contribution in [-0.2, 0) is 11.2 Å². The molecule has 0 spiro atoms. The molecule has 25 heavy (non-hydrogen) atoms. The second kappa shape index (κ2) is 8.82. The van der Waals surface area contributed by atoms with Gasteiger partial charge >= 0.3 is 0 Å². The van der Waals surface area contributed by atoms with Gasteiger partial charge in [-0.15, -0.1) is 0 Å². The molecule has 3 rings (SSSR count). The van der Waals surface area contributed by atoms with Gasteiger partial charge in [-0.1, -0.05) is 60.7 Å². The number of carbonyl (C=O) groups excluding carboxylic acids is 1. The van der Waals surface area contributed by atoms with Crippen LogP contribution in [0.2, 0.25) is 0 Å². The fourth-order valence-corrected chi connectivity index (χ4v) is 3.62. The maximum atomic E-state index is 12.5. The van der Waals surface area contributed by atoms with E-state index in [4.69, 9.17) is 5.73 Å². The first kappa shape index (κ1) is 17.7. The number of hydrogen-bond donors (Lipinski definition) is 1. The number of benzene rings is 2. The van der Waals surface area contributed by atoms with Gasteiger partial charge in [-0.05, 0) is 42.7 Å². The zero-order chi connectivity index (χ0) is 17.5. The predicted octanol–water partition coefficient (Wildman–Crippen LogP) is 3.95. The molecule has 3 nitrogen and oxygen atoms in total. The van der Waals surface area contributed by atoms with Crippen LogP contribution in [0, 0.1) is 5.92 Å². The molecule has 3 heteroatoms. The predicted molar refractivity (Wildman–Crippen MR) is 102 cm³/mol. The molecule has 2 aromatic carbocycles. The van der Waals surface area contributed by atoms with Crippen molar-refractivity contribution >= 4 is 5.91 Å². The van der Waals surface area contributed by atoms with Gasteiger partial charge in [0.2, 0.25) is 5.91 Å². The highest BCUT2D eigenvalue weighted by molar-refractivity contribution is 5.77. The third-order valence-electron chi connectivity index (χ3n) is 5.27. The van der Waals surface area contributed by atoms with E-state index in [9.17, 15) is 4.79 Å². The van der Waals surface area contributed by atoms with Crippen LogP contribution in [0.3, 0.4) is 0 Å². The average molecular weight is 336 g/mol. The van der Waals surface area contributed by atoms with Crippen molar-refractivity contribution in [3.63, 3.8) is 0 Å². The third kappa shape index (κ3) is 5.17. The molecule has 0 saturated carbocycles. The summed E-state index contributed by atoms with van der Waals surface area (Å²) in [6, 6.07) is 20.4. The number of likely N-dealkylation sites (tertiary alicyclic amines) is 1. The summed E-state index contributed by atoms with van der Waals surface area (Å²) in [6.45, 7) is 1.75. The van der Waals surface area contributed by atoms with Crippen molar-refractivity contribution in [1.82, 2.24) is 4.90 Å². The summed E-state index contributed by atoms with van der Waals surface area (Å²) in [5, 5.41) is 0. The van der Waals surface area contributed by atoms with Crippen molar-refractivity contribution in [3.8, 4) is 0 Å². The molecule has 0 aromatic heterocycles. The van der Waals surface area contributed by atoms with Crippen LogP contribution in [0.25, 0.3) is 0 Å². The van der Waals surface area contributed by atoms with Crippen LogP contribution in [0.15, 0.2) is 60.7 Å². The van der Waals surface area contributed by atoms with E-state index in [1.807, 2.05) is 35.2 Å². The lowest BCUT2D eigenvalue weighted by Crippen LogP contribution is -2.39. The normalized spacial score (nSPS) is 16.6. The number of nitrogens with two attached hydrogens (primary N) is 1. The molecule has 2 N–H and O–H groups in total. The lowest BCUT2D eigenvalue weighted by Gasteiger charge is -2.32. The van der Waals surface area contributed by atoms with Gasteiger partial charge < -0.3 is 10.6 Å². The zero-order valence-corrected chi connectivity index (χ0v) is 14.8. The molecule has 1 saturated heterocycles. The molecule has 1 amide bonds. The van der Waals surface area contributed by atoms with Gasteiger partial charge in [0.1, 0.15) is 0 Å². The lowest BCUT2D eigenvalue weighted by molar-refractivity contribution is -0.133. The highest BCUT2D eigenvalue weighted by Gasteiger charge is 2.24. The molecule has 2 aromatic rings. The number of nitrogens with zero attached hydrogens (tertiary/aromatic N) is 1. The van der Waals surface area contributed by atoms with Crippen LogP contribution >= 0.6 is 0 Å². The van der Waals surface area contributed by atoms with E-state index < -0.39 is 0 Å². The van der Waals surface area contributed by atoms with Crippen LogP contribution in [0.4, 0.5) is 0 Å². The Kier molecular flexibility index (Phi) is 6.24. The lowest BCUT2D eigenvalue weighted by atomic mass is 9.90. The summed E-state index contributed by atoms with van der Waals surface area (Å²) in [7, 11) is 0. The van der Waals surface area contributed by atoms with Gasteiger partial charge in [-0.3, -0.25) is 4.79 Å². The Hall–Kier alpha value is -2.13. The van der Waals surface area contributed by atoms with Gasteiger partial charge in [0.15, 0.2) is 0 Å². The van der Waals surface area contributed by atoms with Crippen molar-refractivity contribution in [1.29, 1.82) is 0 Å². The average Bonchev–Trinajstić information content (AvgIpc) is 2.68. The maximum Gasteiger partial charge on any atom is 0.224 e. The van der Waals surface area contributed by atoms with Crippen molar-refractivity contribution < 1.29 is 4.79 Å².